The molecule has 16 heavy (non-hydrogen) atoms. The fraction of sp³-hybridized carbons (Fsp3) is 0. The summed E-state index contributed by atoms with van der Waals surface area (Å²) in [4.78, 5) is 30.7. The summed E-state index contributed by atoms with van der Waals surface area (Å²) in [6.45, 7) is 0. The maximum Gasteiger partial charge on any atom is 0.513 e. The third-order valence-corrected chi connectivity index (χ3v) is 1.60. The minimum absolute atomic E-state index is 0.632. The Kier molecular flexibility index (Phi) is 3.04. The van der Waals surface area contributed by atoms with E-state index in [1.165, 1.54) is 0 Å². The van der Waals surface area contributed by atoms with Crippen molar-refractivity contribution < 1.29 is 29.5 Å². The first-order chi connectivity index (χ1) is 7.43. The molecule has 0 saturated heterocycles. The average Bonchev–Trinajstić information content (AvgIpc) is 2.15. The van der Waals surface area contributed by atoms with Crippen molar-refractivity contribution in [3.63, 3.8) is 0 Å². The number of aromatic hydroxyl groups is 1. The molecule has 0 atom stereocenters. The van der Waals surface area contributed by atoms with Gasteiger partial charge in [-0.05, 0) is 12.1 Å². The molecule has 2 N–H and O–H groups in total. The van der Waals surface area contributed by atoms with Crippen LogP contribution in [0.5, 0.6) is 5.75 Å². The van der Waals surface area contributed by atoms with Gasteiger partial charge >= 0.3 is 17.8 Å². The second kappa shape index (κ2) is 4.26. The molecule has 0 bridgehead atoms. The molecule has 1 aromatic rings. The molecule has 0 saturated carbocycles. The number of nitro groups is 1. The standard InChI is InChI=1S/C8H5NO7/c10-5-3-1-2-4(6(5)9(14)15)7(11)16-8(12)13/h1-3,10H,(H,12,13). The van der Waals surface area contributed by atoms with Crippen molar-refractivity contribution in [1.82, 2.24) is 0 Å². The molecule has 0 unspecified atom stereocenters. The summed E-state index contributed by atoms with van der Waals surface area (Å²) in [7, 11) is 0. The fourth-order valence-corrected chi connectivity index (χ4v) is 1.02. The zero-order chi connectivity index (χ0) is 12.3. The normalized spacial score (nSPS) is 9.50. The maximum absolute atomic E-state index is 11.1. The summed E-state index contributed by atoms with van der Waals surface area (Å²) in [5.74, 6) is -2.17. The van der Waals surface area contributed by atoms with Gasteiger partial charge in [0.2, 0.25) is 0 Å². The molecule has 0 fully saturated rings. The fourth-order valence-electron chi connectivity index (χ4n) is 1.02. The molecule has 0 aliphatic rings. The molecule has 1 rings (SSSR count). The van der Waals surface area contributed by atoms with Gasteiger partial charge in [0.25, 0.3) is 0 Å². The van der Waals surface area contributed by atoms with E-state index in [-0.39, 0.29) is 0 Å². The number of nitrogens with zero attached hydrogens (tertiary/aromatic N) is 1. The van der Waals surface area contributed by atoms with Crippen molar-refractivity contribution in [3.05, 3.63) is 33.9 Å². The molecular formula is C8H5NO7. The number of hydrogen-bond donors (Lipinski definition) is 2. The molecule has 0 heterocycles. The van der Waals surface area contributed by atoms with Gasteiger partial charge in [0, 0.05) is 0 Å². The molecule has 0 amide bonds. The van der Waals surface area contributed by atoms with Crippen LogP contribution in [0.2, 0.25) is 0 Å². The van der Waals surface area contributed by atoms with Gasteiger partial charge < -0.3 is 14.9 Å². The van der Waals surface area contributed by atoms with Crippen molar-refractivity contribution in [2.24, 2.45) is 0 Å². The van der Waals surface area contributed by atoms with Crippen LogP contribution >= 0.6 is 0 Å². The van der Waals surface area contributed by atoms with Crippen LogP contribution in [0.1, 0.15) is 10.4 Å². The first-order valence-electron chi connectivity index (χ1n) is 3.85. The van der Waals surface area contributed by atoms with Crippen molar-refractivity contribution in [2.45, 2.75) is 0 Å². The molecule has 0 spiro atoms. The van der Waals surface area contributed by atoms with Gasteiger partial charge in [0.05, 0.1) is 4.92 Å². The third kappa shape index (κ3) is 2.23. The molecule has 8 heteroatoms. The molecular weight excluding hydrogens is 222 g/mol. The van der Waals surface area contributed by atoms with Gasteiger partial charge in [-0.15, -0.1) is 0 Å². The minimum atomic E-state index is -1.89. The predicted molar refractivity (Wildman–Crippen MR) is 48.2 cm³/mol. The number of carboxylic acid groups (broad SMARTS) is 1. The molecule has 1 aromatic carbocycles. The maximum atomic E-state index is 11.1. The average molecular weight is 227 g/mol. The number of benzene rings is 1. The lowest BCUT2D eigenvalue weighted by Crippen LogP contribution is -2.12. The van der Waals surface area contributed by atoms with E-state index in [0.29, 0.717) is 0 Å². The van der Waals surface area contributed by atoms with Gasteiger partial charge in [-0.3, -0.25) is 10.1 Å². The van der Waals surface area contributed by atoms with E-state index in [9.17, 15) is 19.7 Å². The first-order valence-corrected chi connectivity index (χ1v) is 3.85. The van der Waals surface area contributed by atoms with E-state index < -0.39 is 34.0 Å². The van der Waals surface area contributed by atoms with E-state index >= 15 is 0 Å². The Morgan fingerprint density at radius 2 is 2.00 bits per heavy atom. The molecule has 8 nitrogen and oxygen atoms in total. The van der Waals surface area contributed by atoms with E-state index in [2.05, 4.69) is 4.74 Å². The lowest BCUT2D eigenvalue weighted by molar-refractivity contribution is -0.386. The Morgan fingerprint density at radius 3 is 2.50 bits per heavy atom. The largest absolute Gasteiger partial charge is 0.513 e. The topological polar surface area (TPSA) is 127 Å². The number of esters is 1. The smallest absolute Gasteiger partial charge is 0.502 e. The Labute approximate surface area is 87.8 Å². The highest BCUT2D eigenvalue weighted by Crippen LogP contribution is 2.29. The van der Waals surface area contributed by atoms with Crippen LogP contribution in [-0.4, -0.2) is 27.3 Å². The first kappa shape index (κ1) is 11.4. The zero-order valence-corrected chi connectivity index (χ0v) is 7.61. The van der Waals surface area contributed by atoms with Gasteiger partial charge in [0.15, 0.2) is 5.75 Å². The zero-order valence-electron chi connectivity index (χ0n) is 7.61. The summed E-state index contributed by atoms with van der Waals surface area (Å²) in [6, 6.07) is 3.12. The molecule has 0 radical (unpaired) electrons. The number of carbonyl (C=O) groups excluding carboxylic acids is 1. The quantitative estimate of drug-likeness (QED) is 0.335. The highest BCUT2D eigenvalue weighted by Gasteiger charge is 2.26. The predicted octanol–water partition coefficient (Wildman–Crippen LogP) is 1.14. The number of phenolic OH excluding ortho intramolecular Hbond substituents is 1. The van der Waals surface area contributed by atoms with Crippen molar-refractivity contribution >= 4 is 17.8 Å². The number of nitro benzene ring substituents is 1. The van der Waals surface area contributed by atoms with E-state index in [0.717, 1.165) is 18.2 Å². The van der Waals surface area contributed by atoms with Gasteiger partial charge in [-0.25, -0.2) is 9.59 Å². The second-order valence-corrected chi connectivity index (χ2v) is 2.59. The van der Waals surface area contributed by atoms with E-state index in [1.54, 1.807) is 0 Å². The van der Waals surface area contributed by atoms with Gasteiger partial charge in [0.1, 0.15) is 5.56 Å². The van der Waals surface area contributed by atoms with Crippen LogP contribution in [-0.2, 0) is 4.74 Å². The SMILES string of the molecule is O=C(O)OC(=O)c1cccc(O)c1[N+](=O)[O-]. The molecule has 0 aromatic heterocycles. The monoisotopic (exact) mass is 227 g/mol. The summed E-state index contributed by atoms with van der Waals surface area (Å²) in [5, 5.41) is 27.8. The Morgan fingerprint density at radius 1 is 1.38 bits per heavy atom. The molecule has 0 aliphatic carbocycles. The highest BCUT2D eigenvalue weighted by molar-refractivity contribution is 5.99. The number of rotatable bonds is 2. The van der Waals surface area contributed by atoms with Gasteiger partial charge in [-0.1, -0.05) is 6.07 Å². The van der Waals surface area contributed by atoms with E-state index in [1.807, 2.05) is 0 Å². The number of hydrogen-bond acceptors (Lipinski definition) is 6. The Balaban J connectivity index is 3.23. The molecule has 84 valence electrons. The molecule has 0 aliphatic heterocycles. The Bertz CT molecular complexity index is 467. The number of para-hydroxylation sites is 1. The summed E-state index contributed by atoms with van der Waals surface area (Å²) in [5.41, 5.74) is -1.53. The summed E-state index contributed by atoms with van der Waals surface area (Å²) >= 11 is 0. The van der Waals surface area contributed by atoms with Crippen LogP contribution in [0.15, 0.2) is 18.2 Å². The van der Waals surface area contributed by atoms with Crippen LogP contribution in [0.3, 0.4) is 0 Å². The van der Waals surface area contributed by atoms with E-state index in [4.69, 9.17) is 10.2 Å². The number of phenols is 1. The van der Waals surface area contributed by atoms with Crippen LogP contribution < -0.4 is 0 Å². The van der Waals surface area contributed by atoms with Crippen LogP contribution in [0.25, 0.3) is 0 Å². The lowest BCUT2D eigenvalue weighted by atomic mass is 10.1. The van der Waals surface area contributed by atoms with Crippen molar-refractivity contribution in [3.8, 4) is 5.75 Å². The third-order valence-electron chi connectivity index (χ3n) is 1.60. The van der Waals surface area contributed by atoms with Crippen LogP contribution in [0.4, 0.5) is 10.5 Å². The van der Waals surface area contributed by atoms with Crippen molar-refractivity contribution in [1.29, 1.82) is 0 Å². The summed E-state index contributed by atoms with van der Waals surface area (Å²) < 4.78 is 3.74. The van der Waals surface area contributed by atoms with Crippen LogP contribution in [0, 0.1) is 10.1 Å². The summed E-state index contributed by atoms with van der Waals surface area (Å²) in [6.07, 6.45) is -1.89. The number of carbonyl (C=O) groups is 2. The highest BCUT2D eigenvalue weighted by atomic mass is 16.7. The number of ether oxygens (including phenoxy) is 1. The van der Waals surface area contributed by atoms with Crippen molar-refractivity contribution in [2.75, 3.05) is 0 Å². The second-order valence-electron chi connectivity index (χ2n) is 2.59. The van der Waals surface area contributed by atoms with Gasteiger partial charge in [-0.2, -0.15) is 0 Å². The Hall–Kier alpha value is -2.64. The lowest BCUT2D eigenvalue weighted by Gasteiger charge is -2.01. The minimum Gasteiger partial charge on any atom is -0.502 e.